The predicted molar refractivity (Wildman–Crippen MR) is 498 cm³/mol. The smallest absolute Gasteiger partial charge is 0.152 e. The summed E-state index contributed by atoms with van der Waals surface area (Å²) in [5.41, 5.74) is 34.1. The van der Waals surface area contributed by atoms with Crippen molar-refractivity contribution in [3.8, 4) is 0 Å². The molecule has 3 fully saturated rings. The maximum atomic E-state index is 6.46. The van der Waals surface area contributed by atoms with Gasteiger partial charge in [0.15, 0.2) is 29.2 Å². The molecule has 0 unspecified atom stereocenters. The second-order valence-electron chi connectivity index (χ2n) is 31.9. The summed E-state index contributed by atoms with van der Waals surface area (Å²) < 4.78 is 0. The van der Waals surface area contributed by atoms with Gasteiger partial charge < -0.3 is 26.6 Å². The highest BCUT2D eigenvalue weighted by Gasteiger charge is 2.36. The van der Waals surface area contributed by atoms with E-state index in [1.807, 2.05) is 37.6 Å². The molecule has 28 heteroatoms. The Morgan fingerprint density at radius 2 is 0.618 bits per heavy atom. The summed E-state index contributed by atoms with van der Waals surface area (Å²) in [6.07, 6.45) is 32.1. The molecule has 5 N–H and O–H groups in total. The number of amidine groups is 5. The standard InChI is InChI=1S/C20H17ClN4.2C19H16ClN5.C19H17ClN4.C18H16ClN5/c1-11-9-23-20-18(11)25-19(15-10-22-7-6-16(15)21)14-5-4-13(12-2-3-12)8-17(14)24-20;1-10-7-23-19-17(10)25-18(12-8-21-5-4-14(12)20)13-9-22-15(11-2-3-11)6-16(13)24-19;1-10-7-23-19-17(10)25-18(12-4-5-21-9-14(12)20)13-8-22-15(11-2-3-11)6-16(13)24-19;1-3-12-4-5-13-16(8-12)23-19-17(11(2)9-22-19)24-18(13)14-10-21-7-6-15(14)20;1-3-11-6-15-13(9-21-11)17(12-8-20-5-4-14(12)19)24-16-10(2)7-22-18(16)23-15/h4-8,10,12H,2-3,9H2,1H3,(H,23,24);2*4-6,8-9,11H,2-3,7H2,1H3,(H,23,24);4-8,10H,3,9H2,1-2H3,(H,22,23);4-6,8-9H,3,7H2,1-2H3,(H,22,23). The first-order valence-electron chi connectivity index (χ1n) is 41.2. The van der Waals surface area contributed by atoms with Crippen molar-refractivity contribution in [1.82, 2.24) is 39.9 Å². The van der Waals surface area contributed by atoms with Gasteiger partial charge in [0.2, 0.25) is 0 Å². The molecular weight excluding hydrogens is 1640 g/mol. The van der Waals surface area contributed by atoms with Crippen LogP contribution in [0.15, 0.2) is 272 Å². The lowest BCUT2D eigenvalue weighted by molar-refractivity contribution is 1.02. The van der Waals surface area contributed by atoms with E-state index in [1.54, 1.807) is 86.2 Å². The van der Waals surface area contributed by atoms with Crippen LogP contribution in [-0.2, 0) is 12.8 Å². The minimum atomic E-state index is 0.579. The number of aryl methyl sites for hydroxylation is 2. The minimum absolute atomic E-state index is 0.579. The predicted octanol–water partition coefficient (Wildman–Crippen LogP) is 20.4. The molecule has 123 heavy (non-hydrogen) atoms. The first-order chi connectivity index (χ1) is 59.9. The van der Waals surface area contributed by atoms with Crippen LogP contribution >= 0.6 is 58.0 Å². The third-order valence-electron chi connectivity index (χ3n) is 23.0. The van der Waals surface area contributed by atoms with Gasteiger partial charge in [0.05, 0.1) is 103 Å². The fourth-order valence-corrected chi connectivity index (χ4v) is 16.6. The number of nitrogens with one attached hydrogen (secondary N) is 5. The van der Waals surface area contributed by atoms with Gasteiger partial charge in [-0.05, 0) is 192 Å². The zero-order chi connectivity index (χ0) is 84.3. The quantitative estimate of drug-likeness (QED) is 0.0852. The van der Waals surface area contributed by atoms with Crippen molar-refractivity contribution in [2.45, 2.75) is 118 Å². The summed E-state index contributed by atoms with van der Waals surface area (Å²) in [5.74, 6) is 5.99. The number of aliphatic imine (C=N–C) groups is 10. The molecule has 0 radical (unpaired) electrons. The van der Waals surface area contributed by atoms with Crippen molar-refractivity contribution >= 4 is 144 Å². The summed E-state index contributed by atoms with van der Waals surface area (Å²) in [6, 6.07) is 28.4. The van der Waals surface area contributed by atoms with Crippen molar-refractivity contribution in [3.05, 3.63) is 331 Å². The Hall–Kier alpha value is -12.5. The van der Waals surface area contributed by atoms with Crippen molar-refractivity contribution in [1.29, 1.82) is 0 Å². The molecule has 23 nitrogen and oxygen atoms in total. The van der Waals surface area contributed by atoms with Gasteiger partial charge in [-0.3, -0.25) is 64.8 Å². The number of fused-ring (bicyclic) bond motifs is 10. The van der Waals surface area contributed by atoms with Gasteiger partial charge in [-0.25, -0.2) is 25.0 Å². The SMILES string of the molecule is CC1=C2N=C(c3ccncc3Cl)c3cnc(C4CC4)cc3NC2=NC1.CC1=C2N=C(c3cnccc3Cl)c3ccc(C4CC4)cc3NC2=NC1.CC1=C2N=C(c3cnccc3Cl)c3cnc(C4CC4)cc3NC2=NC1.CCc1cc2c(cn1)C(c1cnccc1Cl)=NC1=C(C)CN=C1N2.CCc1ccc2c(c1)NC1=NCC(C)=C1N=C2c1cnccc1Cl. The number of nitrogens with zero attached hydrogens (tertiary/aromatic N) is 18. The van der Waals surface area contributed by atoms with E-state index in [1.165, 1.54) is 49.7 Å². The van der Waals surface area contributed by atoms with E-state index >= 15 is 0 Å². The first kappa shape index (κ1) is 80.2. The molecule has 18 heterocycles. The Balaban J connectivity index is 0.000000101. The van der Waals surface area contributed by atoms with Gasteiger partial charge in [-0.1, -0.05) is 96.1 Å². The van der Waals surface area contributed by atoms with E-state index in [2.05, 4.69) is 181 Å². The highest BCUT2D eigenvalue weighted by atomic mass is 35.5. The lowest BCUT2D eigenvalue weighted by Gasteiger charge is -2.13. The molecule has 2 aromatic carbocycles. The molecule has 23 rings (SSSR count). The normalized spacial score (nSPS) is 17.7. The van der Waals surface area contributed by atoms with Crippen LogP contribution in [0.3, 0.4) is 0 Å². The number of hydrogen-bond donors (Lipinski definition) is 5. The number of pyridine rings is 8. The number of anilines is 5. The van der Waals surface area contributed by atoms with Crippen LogP contribution in [0, 0.1) is 0 Å². The van der Waals surface area contributed by atoms with Gasteiger partial charge in [0, 0.05) is 176 Å². The summed E-state index contributed by atoms with van der Waals surface area (Å²) in [7, 11) is 0. The van der Waals surface area contributed by atoms with Crippen molar-refractivity contribution in [2.24, 2.45) is 49.9 Å². The van der Waals surface area contributed by atoms with Gasteiger partial charge in [-0.15, -0.1) is 0 Å². The van der Waals surface area contributed by atoms with E-state index in [9.17, 15) is 0 Å². The minimum Gasteiger partial charge on any atom is -0.338 e. The Labute approximate surface area is 736 Å². The van der Waals surface area contributed by atoms with Gasteiger partial charge in [-0.2, -0.15) is 0 Å². The molecule has 0 bridgehead atoms. The molecule has 8 aromatic heterocycles. The Morgan fingerprint density at radius 3 is 0.976 bits per heavy atom. The molecule has 13 aliphatic rings. The zero-order valence-corrected chi connectivity index (χ0v) is 72.2. The van der Waals surface area contributed by atoms with E-state index in [4.69, 9.17) is 83.0 Å². The number of hydrogen-bond acceptors (Lipinski definition) is 23. The fraction of sp³-hybridized carbons (Fsp3) is 0.242. The summed E-state index contributed by atoms with van der Waals surface area (Å²) in [5, 5.41) is 20.5. The average Bonchev–Trinajstić information content (AvgIpc) is 1.64. The fourth-order valence-electron chi connectivity index (χ4n) is 15.7. The molecule has 0 spiro atoms. The van der Waals surface area contributed by atoms with Gasteiger partial charge in [0.25, 0.3) is 0 Å². The van der Waals surface area contributed by atoms with Gasteiger partial charge >= 0.3 is 0 Å². The Morgan fingerprint density at radius 1 is 0.293 bits per heavy atom. The summed E-state index contributed by atoms with van der Waals surface area (Å²) in [6.45, 7) is 17.9. The highest BCUT2D eigenvalue weighted by molar-refractivity contribution is 6.40. The second-order valence-corrected chi connectivity index (χ2v) is 34.0. The Kier molecular flexibility index (Phi) is 22.2. The molecule has 3 saturated carbocycles. The van der Waals surface area contributed by atoms with Crippen LogP contribution in [0.5, 0.6) is 0 Å². The molecular formula is C95H82Cl5N23. The van der Waals surface area contributed by atoms with Gasteiger partial charge in [0.1, 0.15) is 28.5 Å². The van der Waals surface area contributed by atoms with E-state index in [-0.39, 0.29) is 0 Å². The topological polar surface area (TPSA) is 287 Å². The highest BCUT2D eigenvalue weighted by Crippen LogP contribution is 2.46. The first-order valence-corrected chi connectivity index (χ1v) is 43.1. The molecule has 10 aromatic rings. The zero-order valence-electron chi connectivity index (χ0n) is 68.5. The lowest BCUT2D eigenvalue weighted by Crippen LogP contribution is -2.12. The molecule has 0 saturated heterocycles. The van der Waals surface area contributed by atoms with Crippen LogP contribution < -0.4 is 26.6 Å². The van der Waals surface area contributed by atoms with Crippen molar-refractivity contribution in [3.63, 3.8) is 0 Å². The summed E-state index contributed by atoms with van der Waals surface area (Å²) >= 11 is 32.2. The van der Waals surface area contributed by atoms with E-state index in [0.717, 1.165) is 228 Å². The molecule has 0 atom stereocenters. The molecule has 612 valence electrons. The number of halogens is 5. The van der Waals surface area contributed by atoms with Crippen LogP contribution in [0.1, 0.15) is 189 Å². The number of rotatable bonds is 10. The van der Waals surface area contributed by atoms with Crippen LogP contribution in [-0.4, -0.2) is 130 Å². The number of benzene rings is 2. The lowest BCUT2D eigenvalue weighted by atomic mass is 9.98. The molecule has 3 aliphatic carbocycles. The average molecular weight is 1720 g/mol. The van der Waals surface area contributed by atoms with E-state index < -0.39 is 0 Å². The molecule has 0 amide bonds. The Bertz CT molecular complexity index is 6100. The maximum absolute atomic E-state index is 6.46. The van der Waals surface area contributed by atoms with Crippen LogP contribution in [0.25, 0.3) is 0 Å². The second kappa shape index (κ2) is 34.1. The third-order valence-corrected chi connectivity index (χ3v) is 24.7. The third kappa shape index (κ3) is 16.4. The maximum Gasteiger partial charge on any atom is 0.152 e. The van der Waals surface area contributed by atoms with Crippen LogP contribution in [0.2, 0.25) is 25.1 Å². The van der Waals surface area contributed by atoms with Crippen molar-refractivity contribution < 1.29 is 0 Å². The van der Waals surface area contributed by atoms with Crippen molar-refractivity contribution in [2.75, 3.05) is 59.3 Å². The molecule has 10 aliphatic heterocycles. The summed E-state index contributed by atoms with van der Waals surface area (Å²) in [4.78, 5) is 82.5. The monoisotopic (exact) mass is 1720 g/mol. The van der Waals surface area contributed by atoms with E-state index in [0.29, 0.717) is 75.6 Å². The number of aromatic nitrogens is 8. The van der Waals surface area contributed by atoms with Crippen LogP contribution in [0.4, 0.5) is 28.4 Å². The largest absolute Gasteiger partial charge is 0.338 e.